The van der Waals surface area contributed by atoms with Crippen LogP contribution in [0.4, 0.5) is 0 Å². The number of nitrogens with zero attached hydrogens (tertiary/aromatic N) is 3. The van der Waals surface area contributed by atoms with Gasteiger partial charge in [-0.1, -0.05) is 0 Å². The molecule has 1 aliphatic heterocycles. The van der Waals surface area contributed by atoms with E-state index in [0.717, 1.165) is 26.0 Å². The Morgan fingerprint density at radius 2 is 2.28 bits per heavy atom. The van der Waals surface area contributed by atoms with Crippen molar-refractivity contribution < 1.29 is 0 Å². The number of thiophene rings is 1. The van der Waals surface area contributed by atoms with Crippen LogP contribution in [0.25, 0.3) is 15.8 Å². The summed E-state index contributed by atoms with van der Waals surface area (Å²) in [7, 11) is 0. The minimum Gasteiger partial charge on any atom is -0.357 e. The second-order valence-corrected chi connectivity index (χ2v) is 5.66. The molecule has 2 aromatic heterocycles. The zero-order valence-corrected chi connectivity index (χ0v) is 12.1. The van der Waals surface area contributed by atoms with Gasteiger partial charge in [-0.3, -0.25) is 10.7 Å². The number of aromatic nitrogens is 2. The molecule has 3 heterocycles. The van der Waals surface area contributed by atoms with Crippen molar-refractivity contribution in [2.75, 3.05) is 0 Å². The molecule has 1 aliphatic rings. The quantitative estimate of drug-likeness (QED) is 0.779. The lowest BCUT2D eigenvalue weighted by molar-refractivity contribution is 0.641. The molecule has 1 atom stereocenters. The van der Waals surface area contributed by atoms with Gasteiger partial charge in [0, 0.05) is 23.4 Å². The summed E-state index contributed by atoms with van der Waals surface area (Å²) in [6.07, 6.45) is 3.06. The summed E-state index contributed by atoms with van der Waals surface area (Å²) in [5, 5.41) is 5.09. The first-order chi connectivity index (χ1) is 8.65. The first-order valence-electron chi connectivity index (χ1n) is 5.01. The Kier molecular flexibility index (Phi) is 3.06. The van der Waals surface area contributed by atoms with Gasteiger partial charge in [-0.15, -0.1) is 11.3 Å². The predicted octanol–water partition coefficient (Wildman–Crippen LogP) is 2.36. The molecule has 0 aliphatic carbocycles. The van der Waals surface area contributed by atoms with Crippen LogP contribution in [0.1, 0.15) is 5.69 Å². The third-order valence-corrected chi connectivity index (χ3v) is 4.45. The molecule has 0 radical (unpaired) electrons. The van der Waals surface area contributed by atoms with E-state index in [2.05, 4.69) is 36.2 Å². The predicted molar refractivity (Wildman–Crippen MR) is 77.7 cm³/mol. The average molecular weight is 345 g/mol. The van der Waals surface area contributed by atoms with Gasteiger partial charge in [0.15, 0.2) is 6.29 Å². The Hall–Kier alpha value is -1.02. The second-order valence-electron chi connectivity index (χ2n) is 3.59. The molecule has 5 nitrogen and oxygen atoms in total. The largest absolute Gasteiger partial charge is 0.357 e. The summed E-state index contributed by atoms with van der Waals surface area (Å²) >= 11 is 10.9. The van der Waals surface area contributed by atoms with Crippen molar-refractivity contribution in [3.8, 4) is 0 Å². The zero-order chi connectivity index (χ0) is 12.7. The van der Waals surface area contributed by atoms with Crippen LogP contribution in [0.5, 0.6) is 0 Å². The number of rotatable bonds is 1. The zero-order valence-electron chi connectivity index (χ0n) is 8.89. The van der Waals surface area contributed by atoms with Gasteiger partial charge in [0.2, 0.25) is 5.28 Å². The first kappa shape index (κ1) is 12.0. The summed E-state index contributed by atoms with van der Waals surface area (Å²) in [5.74, 6) is 0. The van der Waals surface area contributed by atoms with E-state index in [-0.39, 0.29) is 5.28 Å². The maximum Gasteiger partial charge on any atom is 0.223 e. The van der Waals surface area contributed by atoms with Crippen LogP contribution in [0.3, 0.4) is 0 Å². The molecule has 8 heteroatoms. The highest BCUT2D eigenvalue weighted by molar-refractivity contribution is 9.10. The van der Waals surface area contributed by atoms with Crippen molar-refractivity contribution >= 4 is 60.9 Å². The maximum atomic E-state index is 5.95. The number of aliphatic imine (C=N–C) groups is 1. The lowest BCUT2D eigenvalue weighted by Gasteiger charge is -2.13. The molecular formula is C10H7BrClN5S. The summed E-state index contributed by atoms with van der Waals surface area (Å²) in [6.45, 7) is 0. The van der Waals surface area contributed by atoms with Crippen molar-refractivity contribution in [1.29, 1.82) is 0 Å². The number of nitrogens with two attached hydrogens (primary N) is 1. The van der Waals surface area contributed by atoms with Gasteiger partial charge < -0.3 is 5.32 Å². The van der Waals surface area contributed by atoms with Crippen LogP contribution >= 0.6 is 38.9 Å². The Bertz CT molecular complexity index is 680. The SMILES string of the molecule is NC1N=CC(c2nc(Cl)nc3c(Br)csc23)=CN1. The molecule has 0 aromatic carbocycles. The highest BCUT2D eigenvalue weighted by Crippen LogP contribution is 2.33. The van der Waals surface area contributed by atoms with E-state index in [9.17, 15) is 0 Å². The highest BCUT2D eigenvalue weighted by atomic mass is 79.9. The topological polar surface area (TPSA) is 76.2 Å². The summed E-state index contributed by atoms with van der Waals surface area (Å²) in [4.78, 5) is 12.6. The Morgan fingerprint density at radius 1 is 1.44 bits per heavy atom. The number of halogens is 2. The standard InChI is InChI=1S/C10H7BrClN5S/c11-5-3-18-8-6(16-9(12)17-7(5)8)4-1-14-10(13)15-2-4/h1-3,10,14H,13H2. The molecule has 92 valence electrons. The molecule has 3 rings (SSSR count). The van der Waals surface area contributed by atoms with E-state index in [0.29, 0.717) is 0 Å². The monoisotopic (exact) mass is 343 g/mol. The fourth-order valence-electron chi connectivity index (χ4n) is 1.60. The molecule has 3 N–H and O–H groups in total. The fraction of sp³-hybridized carbons (Fsp3) is 0.100. The average Bonchev–Trinajstić information content (AvgIpc) is 2.71. The minimum absolute atomic E-state index is 0.209. The number of hydrogen-bond donors (Lipinski definition) is 2. The maximum absolute atomic E-state index is 5.95. The summed E-state index contributed by atoms with van der Waals surface area (Å²) in [5.41, 5.74) is 8.00. The van der Waals surface area contributed by atoms with Gasteiger partial charge in [0.05, 0.1) is 14.9 Å². The first-order valence-corrected chi connectivity index (χ1v) is 7.06. The Labute approximate surface area is 120 Å². The van der Waals surface area contributed by atoms with Crippen molar-refractivity contribution in [2.24, 2.45) is 10.7 Å². The van der Waals surface area contributed by atoms with E-state index in [1.54, 1.807) is 23.8 Å². The van der Waals surface area contributed by atoms with Crippen molar-refractivity contribution in [2.45, 2.75) is 6.29 Å². The molecule has 0 spiro atoms. The van der Waals surface area contributed by atoms with E-state index in [4.69, 9.17) is 17.3 Å². The van der Waals surface area contributed by atoms with Crippen molar-refractivity contribution in [1.82, 2.24) is 15.3 Å². The third kappa shape index (κ3) is 2.03. The molecule has 0 saturated carbocycles. The fourth-order valence-corrected chi connectivity index (χ4v) is 3.35. The molecule has 0 saturated heterocycles. The van der Waals surface area contributed by atoms with Crippen LogP contribution in [0.2, 0.25) is 5.28 Å². The van der Waals surface area contributed by atoms with E-state index < -0.39 is 6.29 Å². The lowest BCUT2D eigenvalue weighted by Crippen LogP contribution is -2.34. The third-order valence-electron chi connectivity index (χ3n) is 2.40. The van der Waals surface area contributed by atoms with Crippen molar-refractivity contribution in [3.63, 3.8) is 0 Å². The molecule has 0 bridgehead atoms. The number of nitrogens with one attached hydrogen (secondary N) is 1. The van der Waals surface area contributed by atoms with E-state index in [1.165, 1.54) is 0 Å². The minimum atomic E-state index is -0.406. The lowest BCUT2D eigenvalue weighted by atomic mass is 10.2. The van der Waals surface area contributed by atoms with Crippen LogP contribution in [0, 0.1) is 0 Å². The van der Waals surface area contributed by atoms with Gasteiger partial charge in [0.25, 0.3) is 0 Å². The molecule has 0 amide bonds. The molecule has 2 aromatic rings. The Morgan fingerprint density at radius 3 is 3.00 bits per heavy atom. The smallest absolute Gasteiger partial charge is 0.223 e. The molecule has 1 unspecified atom stereocenters. The summed E-state index contributed by atoms with van der Waals surface area (Å²) in [6, 6.07) is 0. The van der Waals surface area contributed by atoms with Gasteiger partial charge in [-0.2, -0.15) is 0 Å². The van der Waals surface area contributed by atoms with Gasteiger partial charge >= 0.3 is 0 Å². The van der Waals surface area contributed by atoms with Gasteiger partial charge in [0.1, 0.15) is 5.52 Å². The van der Waals surface area contributed by atoms with Crippen LogP contribution in [-0.2, 0) is 0 Å². The van der Waals surface area contributed by atoms with Crippen molar-refractivity contribution in [3.05, 3.63) is 27.0 Å². The molecular weight excluding hydrogens is 338 g/mol. The van der Waals surface area contributed by atoms with Gasteiger partial charge in [-0.25, -0.2) is 9.97 Å². The number of fused-ring (bicyclic) bond motifs is 1. The van der Waals surface area contributed by atoms with Gasteiger partial charge in [-0.05, 0) is 27.5 Å². The molecule has 0 fully saturated rings. The number of allylic oxidation sites excluding steroid dienone is 1. The normalized spacial score (nSPS) is 18.8. The molecule has 18 heavy (non-hydrogen) atoms. The van der Waals surface area contributed by atoms with Crippen LogP contribution in [-0.4, -0.2) is 22.5 Å². The Balaban J connectivity index is 2.20. The van der Waals surface area contributed by atoms with E-state index >= 15 is 0 Å². The van der Waals surface area contributed by atoms with E-state index in [1.807, 2.05) is 5.38 Å². The van der Waals surface area contributed by atoms with Crippen LogP contribution in [0.15, 0.2) is 21.0 Å². The second kappa shape index (κ2) is 4.58. The van der Waals surface area contributed by atoms with Crippen LogP contribution < -0.4 is 11.1 Å². The summed E-state index contributed by atoms with van der Waals surface area (Å²) < 4.78 is 1.87. The number of hydrogen-bond acceptors (Lipinski definition) is 6. The highest BCUT2D eigenvalue weighted by Gasteiger charge is 2.16.